The molecule has 7 nitrogen and oxygen atoms in total. The van der Waals surface area contributed by atoms with Gasteiger partial charge in [0.05, 0.1) is 24.3 Å². The molecule has 4 aromatic rings. The summed E-state index contributed by atoms with van der Waals surface area (Å²) in [6.45, 7) is 7.60. The number of hydrogen-bond acceptors (Lipinski definition) is 7. The zero-order valence-electron chi connectivity index (χ0n) is 23.4. The van der Waals surface area contributed by atoms with Crippen molar-refractivity contribution >= 4 is 16.7 Å². The third-order valence-corrected chi connectivity index (χ3v) is 7.84. The number of Topliss-reactive ketones (excluding diaryl/α,β-unsaturated/α-hetero) is 1. The fraction of sp³-hybridized carbons (Fsp3) is 0.333. The summed E-state index contributed by atoms with van der Waals surface area (Å²) in [7, 11) is 1.63. The lowest BCUT2D eigenvalue weighted by atomic mass is 9.82. The molecule has 1 aromatic heterocycles. The molecule has 0 aliphatic carbocycles. The van der Waals surface area contributed by atoms with Gasteiger partial charge in [-0.15, -0.1) is 0 Å². The van der Waals surface area contributed by atoms with Crippen LogP contribution in [0.3, 0.4) is 0 Å². The van der Waals surface area contributed by atoms with Crippen LogP contribution in [0.5, 0.6) is 11.5 Å². The molecule has 3 aromatic carbocycles. The van der Waals surface area contributed by atoms with Crippen molar-refractivity contribution in [2.45, 2.75) is 58.2 Å². The van der Waals surface area contributed by atoms with Gasteiger partial charge in [-0.3, -0.25) is 9.78 Å². The number of carbonyl (C=O) groups excluding carboxylic acids is 1. The van der Waals surface area contributed by atoms with E-state index in [0.717, 1.165) is 27.6 Å². The van der Waals surface area contributed by atoms with Gasteiger partial charge >= 0.3 is 0 Å². The largest absolute Gasteiger partial charge is 0.496 e. The molecule has 7 heteroatoms. The van der Waals surface area contributed by atoms with Crippen LogP contribution in [-0.2, 0) is 11.2 Å². The van der Waals surface area contributed by atoms with Crippen LogP contribution in [0.25, 0.3) is 22.0 Å². The van der Waals surface area contributed by atoms with Gasteiger partial charge in [0.15, 0.2) is 5.78 Å². The van der Waals surface area contributed by atoms with E-state index in [1.54, 1.807) is 31.5 Å². The Morgan fingerprint density at radius 3 is 2.58 bits per heavy atom. The Labute approximate surface area is 234 Å². The molecule has 5 rings (SSSR count). The van der Waals surface area contributed by atoms with Gasteiger partial charge in [-0.25, -0.2) is 0 Å². The predicted octanol–water partition coefficient (Wildman–Crippen LogP) is 5.52. The van der Waals surface area contributed by atoms with E-state index >= 15 is 0 Å². The van der Waals surface area contributed by atoms with E-state index in [1.165, 1.54) is 0 Å². The molecule has 208 valence electrons. The quantitative estimate of drug-likeness (QED) is 0.298. The number of pyridine rings is 1. The number of hydrogen-bond donors (Lipinski definition) is 2. The molecule has 1 saturated heterocycles. The molecule has 1 fully saturated rings. The first-order valence-corrected chi connectivity index (χ1v) is 13.4. The number of nitrogens with zero attached hydrogens (tertiary/aromatic N) is 1. The van der Waals surface area contributed by atoms with E-state index in [-0.39, 0.29) is 18.1 Å². The van der Waals surface area contributed by atoms with Crippen LogP contribution in [0.15, 0.2) is 72.9 Å². The first kappa shape index (κ1) is 27.8. The maximum atomic E-state index is 13.3. The summed E-state index contributed by atoms with van der Waals surface area (Å²) in [5, 5.41) is 21.8. The molecule has 4 atom stereocenters. The van der Waals surface area contributed by atoms with E-state index < -0.39 is 24.1 Å². The normalized spacial score (nSPS) is 22.2. The molecular formula is C33H35NO6. The first-order valence-electron chi connectivity index (χ1n) is 13.4. The number of carbonyl (C=O) groups is 1. The maximum Gasteiger partial charge on any atom is 0.229 e. The van der Waals surface area contributed by atoms with Crippen molar-refractivity contribution in [3.05, 3.63) is 89.6 Å². The second-order valence-corrected chi connectivity index (χ2v) is 11.1. The number of aryl methyl sites for hydroxylation is 1. The number of benzene rings is 3. The van der Waals surface area contributed by atoms with Gasteiger partial charge in [-0.1, -0.05) is 36.8 Å². The van der Waals surface area contributed by atoms with E-state index in [4.69, 9.17) is 14.2 Å². The highest BCUT2D eigenvalue weighted by Gasteiger charge is 2.47. The van der Waals surface area contributed by atoms with Gasteiger partial charge in [0.2, 0.25) is 6.29 Å². The fourth-order valence-corrected chi connectivity index (χ4v) is 5.10. The fourth-order valence-electron chi connectivity index (χ4n) is 5.10. The first-order chi connectivity index (χ1) is 19.1. The van der Waals surface area contributed by atoms with Crippen molar-refractivity contribution in [1.82, 2.24) is 4.98 Å². The van der Waals surface area contributed by atoms with Gasteiger partial charge in [0.1, 0.15) is 17.6 Å². The summed E-state index contributed by atoms with van der Waals surface area (Å²) >= 11 is 0. The molecule has 0 radical (unpaired) electrons. The summed E-state index contributed by atoms with van der Waals surface area (Å²) in [5.74, 6) is 0.906. The van der Waals surface area contributed by atoms with E-state index in [1.807, 2.05) is 70.2 Å². The molecule has 1 unspecified atom stereocenters. The van der Waals surface area contributed by atoms with Gasteiger partial charge in [-0.2, -0.15) is 0 Å². The number of ketones is 1. The highest BCUT2D eigenvalue weighted by atomic mass is 16.7. The number of methoxy groups -OCH3 is 1. The van der Waals surface area contributed by atoms with E-state index in [0.29, 0.717) is 22.6 Å². The Bertz CT molecular complexity index is 1550. The Balaban J connectivity index is 1.33. The second kappa shape index (κ2) is 11.0. The van der Waals surface area contributed by atoms with Crippen molar-refractivity contribution in [1.29, 1.82) is 0 Å². The van der Waals surface area contributed by atoms with Gasteiger partial charge in [0.25, 0.3) is 0 Å². The van der Waals surface area contributed by atoms with Crippen LogP contribution < -0.4 is 9.47 Å². The van der Waals surface area contributed by atoms with Crippen LogP contribution >= 0.6 is 0 Å². The minimum absolute atomic E-state index is 0.0171. The van der Waals surface area contributed by atoms with Crippen molar-refractivity contribution < 1.29 is 29.2 Å². The molecule has 2 N–H and O–H groups in total. The minimum atomic E-state index is -1.18. The lowest BCUT2D eigenvalue weighted by molar-refractivity contribution is -0.284. The molecule has 1 aliphatic rings. The van der Waals surface area contributed by atoms with Gasteiger partial charge < -0.3 is 24.4 Å². The summed E-state index contributed by atoms with van der Waals surface area (Å²) in [6.07, 6.45) is -1.26. The minimum Gasteiger partial charge on any atom is -0.496 e. The molecule has 40 heavy (non-hydrogen) atoms. The highest BCUT2D eigenvalue weighted by Crippen LogP contribution is 2.36. The standard InChI is InChI=1S/C33H35NO6/c1-19-7-6-8-22(13-19)26-16-24(10-12-29(26)38-5)28(35)15-21-14-23-9-11-25(17-27(23)34-18-21)39-32-31(37)30(36)20(2)33(3,4)40-32/h6-14,16-18,20,30-32,36-37H,15H2,1-5H3/t20-,30+,31+,32?/m1/s1. The summed E-state index contributed by atoms with van der Waals surface area (Å²) in [5.41, 5.74) is 4.42. The van der Waals surface area contributed by atoms with Crippen molar-refractivity contribution in [2.24, 2.45) is 5.92 Å². The summed E-state index contributed by atoms with van der Waals surface area (Å²) in [4.78, 5) is 17.8. The monoisotopic (exact) mass is 541 g/mol. The Morgan fingerprint density at radius 2 is 1.82 bits per heavy atom. The van der Waals surface area contributed by atoms with E-state index in [9.17, 15) is 15.0 Å². The predicted molar refractivity (Wildman–Crippen MR) is 154 cm³/mol. The Hall–Kier alpha value is -3.78. The molecule has 0 amide bonds. The second-order valence-electron chi connectivity index (χ2n) is 11.1. The smallest absolute Gasteiger partial charge is 0.229 e. The lowest BCUT2D eigenvalue weighted by Crippen LogP contribution is -2.59. The average molecular weight is 542 g/mol. The Morgan fingerprint density at radius 1 is 1.02 bits per heavy atom. The number of ether oxygens (including phenoxy) is 3. The van der Waals surface area contributed by atoms with Crippen LogP contribution in [0.1, 0.15) is 42.3 Å². The zero-order chi connectivity index (χ0) is 28.6. The third kappa shape index (κ3) is 5.59. The molecule has 2 heterocycles. The average Bonchev–Trinajstić information content (AvgIpc) is 2.94. The van der Waals surface area contributed by atoms with Gasteiger partial charge in [-0.05, 0) is 68.3 Å². The van der Waals surface area contributed by atoms with Crippen LogP contribution in [0.4, 0.5) is 0 Å². The number of rotatable bonds is 7. The zero-order valence-corrected chi connectivity index (χ0v) is 23.4. The topological polar surface area (TPSA) is 98.1 Å². The van der Waals surface area contributed by atoms with Crippen LogP contribution in [0, 0.1) is 12.8 Å². The van der Waals surface area contributed by atoms with Crippen molar-refractivity contribution in [3.63, 3.8) is 0 Å². The molecule has 0 saturated carbocycles. The Kier molecular flexibility index (Phi) is 7.64. The molecular weight excluding hydrogens is 506 g/mol. The molecule has 1 aliphatic heterocycles. The third-order valence-electron chi connectivity index (χ3n) is 7.84. The summed E-state index contributed by atoms with van der Waals surface area (Å²) < 4.78 is 17.4. The molecule has 0 bridgehead atoms. The van der Waals surface area contributed by atoms with Crippen LogP contribution in [0.2, 0.25) is 0 Å². The number of fused-ring (bicyclic) bond motifs is 1. The van der Waals surface area contributed by atoms with Crippen molar-refractivity contribution in [3.8, 4) is 22.6 Å². The van der Waals surface area contributed by atoms with Crippen LogP contribution in [-0.4, -0.2) is 52.2 Å². The molecule has 0 spiro atoms. The number of aliphatic hydroxyl groups excluding tert-OH is 2. The SMILES string of the molecule is COc1ccc(C(=O)Cc2cnc3cc(OC4OC(C)(C)[C@H](C)[C@H](O)[C@@H]4O)ccc3c2)cc1-c1cccc(C)c1. The van der Waals surface area contributed by atoms with E-state index in [2.05, 4.69) is 11.1 Å². The maximum absolute atomic E-state index is 13.3. The van der Waals surface area contributed by atoms with Gasteiger partial charge in [0, 0.05) is 41.1 Å². The highest BCUT2D eigenvalue weighted by molar-refractivity contribution is 5.99. The number of aliphatic hydroxyl groups is 2. The number of aromatic nitrogens is 1. The van der Waals surface area contributed by atoms with Crippen molar-refractivity contribution in [2.75, 3.05) is 7.11 Å². The lowest BCUT2D eigenvalue weighted by Gasteiger charge is -2.46. The summed E-state index contributed by atoms with van der Waals surface area (Å²) in [6, 6.07) is 20.9.